The fraction of sp³-hybridized carbons (Fsp3) is 0.542. The number of hydrogen-bond acceptors (Lipinski definition) is 9. The lowest BCUT2D eigenvalue weighted by molar-refractivity contribution is -0.149. The third kappa shape index (κ3) is 7.33. The molecule has 12 heteroatoms. The van der Waals surface area contributed by atoms with Crippen molar-refractivity contribution in [3.63, 3.8) is 0 Å². The summed E-state index contributed by atoms with van der Waals surface area (Å²) in [6.45, 7) is 10.2. The van der Waals surface area contributed by atoms with Crippen LogP contribution in [0.2, 0.25) is 1.41 Å². The van der Waals surface area contributed by atoms with Crippen molar-refractivity contribution in [1.29, 1.82) is 0 Å². The highest BCUT2D eigenvalue weighted by Gasteiger charge is 2.31. The van der Waals surface area contributed by atoms with Gasteiger partial charge in [-0.3, -0.25) is 14.4 Å². The minimum absolute atomic E-state index is 0.0513. The van der Waals surface area contributed by atoms with Gasteiger partial charge in [-0.1, -0.05) is 13.8 Å². The molecule has 2 rings (SSSR count). The normalized spacial score (nSPS) is 12.9. The Balaban J connectivity index is 2.28. The molecule has 2 amide bonds. The molecule has 2 aromatic heterocycles. The lowest BCUT2D eigenvalue weighted by Crippen LogP contribution is -2.54. The van der Waals surface area contributed by atoms with Crippen molar-refractivity contribution in [3.05, 3.63) is 35.7 Å². The summed E-state index contributed by atoms with van der Waals surface area (Å²) < 4.78 is 20.0. The second kappa shape index (κ2) is 13.3. The summed E-state index contributed by atoms with van der Waals surface area (Å²) in [5.41, 5.74) is 1.53. The molecule has 36 heavy (non-hydrogen) atoms. The maximum atomic E-state index is 13.4. The van der Waals surface area contributed by atoms with Gasteiger partial charge in [0.25, 0.3) is 5.91 Å². The fourth-order valence-corrected chi connectivity index (χ4v) is 3.55. The minimum Gasteiger partial charge on any atom is -0.466 e. The van der Waals surface area contributed by atoms with Gasteiger partial charge in [0.15, 0.2) is 1.41 Å². The maximum absolute atomic E-state index is 13.4. The Bertz CT molecular complexity index is 1110. The molecule has 0 aliphatic rings. The van der Waals surface area contributed by atoms with Gasteiger partial charge in [-0.2, -0.15) is 5.10 Å². The molecule has 2 atom stereocenters. The summed E-state index contributed by atoms with van der Waals surface area (Å²) in [6, 6.07) is -2.39. The number of rotatable bonds is 12. The van der Waals surface area contributed by atoms with E-state index in [1.165, 1.54) is 23.4 Å². The van der Waals surface area contributed by atoms with E-state index in [1.807, 2.05) is 0 Å². The zero-order chi connectivity index (χ0) is 27.7. The average molecular weight is 504 g/mol. The van der Waals surface area contributed by atoms with Crippen LogP contribution in [0.25, 0.3) is 5.69 Å². The van der Waals surface area contributed by atoms with Crippen molar-refractivity contribution >= 4 is 23.8 Å². The van der Waals surface area contributed by atoms with Crippen LogP contribution in [-0.4, -0.2) is 68.8 Å². The summed E-state index contributed by atoms with van der Waals surface area (Å²) in [7, 11) is 0. The third-order valence-corrected chi connectivity index (χ3v) is 5.28. The van der Waals surface area contributed by atoms with Gasteiger partial charge in [0.05, 0.1) is 42.6 Å². The monoisotopic (exact) mass is 503 g/mol. The molecule has 2 N–H and O–H groups in total. The van der Waals surface area contributed by atoms with E-state index < -0.39 is 41.8 Å². The van der Waals surface area contributed by atoms with E-state index in [0.29, 0.717) is 22.4 Å². The van der Waals surface area contributed by atoms with Crippen LogP contribution in [0.5, 0.6) is 0 Å². The van der Waals surface area contributed by atoms with E-state index in [9.17, 15) is 19.2 Å². The molecule has 12 nitrogen and oxygen atoms in total. The summed E-state index contributed by atoms with van der Waals surface area (Å²) in [4.78, 5) is 58.8. The van der Waals surface area contributed by atoms with Crippen molar-refractivity contribution in [1.82, 2.24) is 30.4 Å². The Hall–Kier alpha value is -3.83. The molecule has 0 unspecified atom stereocenters. The van der Waals surface area contributed by atoms with Crippen LogP contribution in [0.4, 0.5) is 0 Å². The molecule has 0 bridgehead atoms. The molecule has 0 saturated heterocycles. The Morgan fingerprint density at radius 3 is 2.31 bits per heavy atom. The van der Waals surface area contributed by atoms with Crippen LogP contribution in [0.1, 0.15) is 62.3 Å². The van der Waals surface area contributed by atoms with E-state index in [4.69, 9.17) is 10.9 Å². The molecule has 0 fully saturated rings. The average Bonchev–Trinajstić information content (AvgIpc) is 3.15. The molecule has 0 spiro atoms. The lowest BCUT2D eigenvalue weighted by Gasteiger charge is -2.25. The van der Waals surface area contributed by atoms with Gasteiger partial charge in [0, 0.05) is 6.42 Å². The molecule has 196 valence electrons. The first kappa shape index (κ1) is 26.8. The smallest absolute Gasteiger partial charge is 0.328 e. The zero-order valence-corrected chi connectivity index (χ0v) is 21.5. The number of carbonyl (C=O) groups is 4. The van der Waals surface area contributed by atoms with Crippen molar-refractivity contribution in [3.8, 4) is 5.69 Å². The van der Waals surface area contributed by atoms with Crippen LogP contribution in [-0.2, 0) is 23.9 Å². The number of carbonyl (C=O) groups excluding carboxylic acids is 4. The molecule has 0 aliphatic heterocycles. The Labute approximate surface area is 211 Å². The second-order valence-electron chi connectivity index (χ2n) is 8.33. The quantitative estimate of drug-likeness (QED) is 0.409. The van der Waals surface area contributed by atoms with Crippen molar-refractivity contribution in [2.45, 2.75) is 66.5 Å². The van der Waals surface area contributed by atoms with E-state index >= 15 is 0 Å². The Morgan fingerprint density at radius 2 is 1.72 bits per heavy atom. The van der Waals surface area contributed by atoms with Gasteiger partial charge in [0.2, 0.25) is 5.91 Å². The van der Waals surface area contributed by atoms with E-state index in [-0.39, 0.29) is 31.6 Å². The number of nitrogens with zero attached hydrogens (tertiary/aromatic N) is 4. The number of hydrogen-bond donors (Lipinski definition) is 2. The van der Waals surface area contributed by atoms with E-state index in [2.05, 4.69) is 20.4 Å². The molecular formula is C24H34N6O6. The predicted octanol–water partition coefficient (Wildman–Crippen LogP) is 1.42. The second-order valence-corrected chi connectivity index (χ2v) is 8.33. The van der Waals surface area contributed by atoms with Crippen LogP contribution in [0.3, 0.4) is 0 Å². The highest BCUT2D eigenvalue weighted by molar-refractivity contribution is 6.00. The highest BCUT2D eigenvalue weighted by atomic mass is 16.5. The maximum Gasteiger partial charge on any atom is 0.328 e. The molecule has 0 aliphatic carbocycles. The molecular weight excluding hydrogens is 468 g/mol. The van der Waals surface area contributed by atoms with Crippen LogP contribution < -0.4 is 10.6 Å². The minimum atomic E-state index is -1.24. The van der Waals surface area contributed by atoms with E-state index in [0.717, 1.165) is 0 Å². The third-order valence-electron chi connectivity index (χ3n) is 5.28. The van der Waals surface area contributed by atoms with E-state index in [1.54, 1.807) is 41.5 Å². The number of aromatic nitrogens is 4. The number of nitrogens with one attached hydrogen (secondary N) is 2. The van der Waals surface area contributed by atoms with Gasteiger partial charge in [-0.15, -0.1) is 0 Å². The summed E-state index contributed by atoms with van der Waals surface area (Å²) in [5.74, 6) is -3.17. The van der Waals surface area contributed by atoms with Crippen molar-refractivity contribution < 1.29 is 30.1 Å². The summed E-state index contributed by atoms with van der Waals surface area (Å²) >= 11 is 0. The number of esters is 2. The number of aryl methyl sites for hydroxylation is 1. The Kier molecular flexibility index (Phi) is 9.90. The van der Waals surface area contributed by atoms with Gasteiger partial charge in [0.1, 0.15) is 24.1 Å². The summed E-state index contributed by atoms with van der Waals surface area (Å²) in [5, 5.41) is 7.53. The van der Waals surface area contributed by atoms with Crippen LogP contribution >= 0.6 is 0 Å². The van der Waals surface area contributed by atoms with Crippen LogP contribution in [0.15, 0.2) is 18.7 Å². The molecule has 0 radical (unpaired) electrons. The van der Waals surface area contributed by atoms with Gasteiger partial charge < -0.3 is 20.1 Å². The predicted molar refractivity (Wildman–Crippen MR) is 129 cm³/mol. The van der Waals surface area contributed by atoms with Crippen molar-refractivity contribution in [2.24, 2.45) is 5.92 Å². The number of amides is 2. The first-order valence-corrected chi connectivity index (χ1v) is 11.8. The first-order valence-electron chi connectivity index (χ1n) is 12.2. The Morgan fingerprint density at radius 1 is 1.08 bits per heavy atom. The standard InChI is InChI=1S/C24H34N6O6/c1-7-35-19(31)10-9-18(24(34)36-8-2)27-23(33)21(14(3)4)28-22(32)20-15(5)29-30(16(20)6)17-11-25-13-26-12-17/h11-14,18,21H,7-10H2,1-6H3,(H,27,33)(H,28,32)/t18-,21-/m0/s1/i/hD. The van der Waals surface area contributed by atoms with Crippen molar-refractivity contribution in [2.75, 3.05) is 13.2 Å². The lowest BCUT2D eigenvalue weighted by atomic mass is 10.0. The molecule has 2 aromatic rings. The highest BCUT2D eigenvalue weighted by Crippen LogP contribution is 2.18. The summed E-state index contributed by atoms with van der Waals surface area (Å²) in [6.07, 6.45) is 4.28. The largest absolute Gasteiger partial charge is 0.466 e. The number of ether oxygens (including phenoxy) is 2. The zero-order valence-electron chi connectivity index (χ0n) is 22.5. The molecule has 0 saturated carbocycles. The SMILES string of the molecule is [2H]N(C(=O)c1c(C)nn(-c2cncnc2)c1C)[C@H](C(=O)N[C@@H](CCC(=O)OCC)C(=O)OCC)C(C)C. The fourth-order valence-electron chi connectivity index (χ4n) is 3.55. The van der Waals surface area contributed by atoms with Gasteiger partial charge >= 0.3 is 11.9 Å². The topological polar surface area (TPSA) is 154 Å². The van der Waals surface area contributed by atoms with Gasteiger partial charge in [-0.05, 0) is 40.0 Å². The van der Waals surface area contributed by atoms with Crippen LogP contribution in [0, 0.1) is 19.8 Å². The first-order chi connectivity index (χ1) is 17.5. The molecule has 0 aromatic carbocycles. The molecule has 2 heterocycles. The van der Waals surface area contributed by atoms with Gasteiger partial charge in [-0.25, -0.2) is 19.4 Å².